The number of para-hydroxylation sites is 6. The first-order valence-electron chi connectivity index (χ1n) is 27.1. The zero-order valence-corrected chi connectivity index (χ0v) is 22.9. The lowest BCUT2D eigenvalue weighted by atomic mass is 9.33. The van der Waals surface area contributed by atoms with E-state index < -0.39 is 253 Å². The van der Waals surface area contributed by atoms with Gasteiger partial charge in [0.25, 0.3) is 6.71 Å². The average Bonchev–Trinajstić information content (AvgIpc) is 3.77. The maximum absolute atomic E-state index is 9.69. The Hall–Kier alpha value is -6.00. The Morgan fingerprint density at radius 2 is 0.978 bits per heavy atom. The lowest BCUT2D eigenvalue weighted by molar-refractivity contribution is 0.670. The monoisotopic (exact) mass is 613 g/mol. The van der Waals surface area contributed by atoms with Gasteiger partial charge in [-0.15, -0.1) is 0 Å². The minimum atomic E-state index is -1.96. The maximum atomic E-state index is 9.69. The molecule has 0 N–H and O–H groups in total. The summed E-state index contributed by atoms with van der Waals surface area (Å²) in [6.07, 6.45) is 0. The van der Waals surface area contributed by atoms with Gasteiger partial charge in [-0.2, -0.15) is 0 Å². The third-order valence-corrected chi connectivity index (χ3v) is 7.81. The summed E-state index contributed by atoms with van der Waals surface area (Å²) in [5.74, 6) is 0. The Bertz CT molecular complexity index is 3960. The highest BCUT2D eigenvalue weighted by atomic mass is 16.3. The fraction of sp³-hybridized carbons (Fsp3) is 0. The first-order valence-corrected chi connectivity index (χ1v) is 13.6. The lowest BCUT2D eigenvalue weighted by Crippen LogP contribution is -2.61. The molecule has 2 aliphatic rings. The Morgan fingerprint density at radius 3 is 1.78 bits per heavy atom. The summed E-state index contributed by atoms with van der Waals surface area (Å²) in [6.45, 7) is -1.96. The summed E-state index contributed by atoms with van der Waals surface area (Å²) >= 11 is 0. The molecule has 0 fully saturated rings. The fourth-order valence-corrected chi connectivity index (χ4v) is 6.04. The Labute approximate surface area is 305 Å². The topological polar surface area (TPSA) is 19.6 Å². The van der Waals surface area contributed by atoms with Crippen LogP contribution in [0.1, 0.15) is 37.0 Å². The quantitative estimate of drug-likeness (QED) is 0.185. The van der Waals surface area contributed by atoms with Crippen LogP contribution >= 0.6 is 0 Å². The molecule has 2 aliphatic heterocycles. The second-order valence-electron chi connectivity index (χ2n) is 10.1. The van der Waals surface area contributed by atoms with Gasteiger partial charge < -0.3 is 14.2 Å². The third-order valence-electron chi connectivity index (χ3n) is 7.81. The van der Waals surface area contributed by atoms with Gasteiger partial charge in [0.05, 0.1) is 42.7 Å². The number of anilines is 6. The Balaban J connectivity index is 1.50. The van der Waals surface area contributed by atoms with Crippen LogP contribution in [0, 0.1) is 0 Å². The molecule has 214 valence electrons. The molecule has 7 aromatic carbocycles. The number of hydrogen-bond acceptors (Lipinski definition) is 3. The van der Waals surface area contributed by atoms with Crippen LogP contribution in [0.2, 0.25) is 0 Å². The largest absolute Gasteiger partial charge is 0.455 e. The van der Waals surface area contributed by atoms with Crippen LogP contribution in [0.25, 0.3) is 33.1 Å². The predicted octanol–water partition coefficient (Wildman–Crippen LogP) is 9.34. The third kappa shape index (κ3) is 3.50. The van der Waals surface area contributed by atoms with Gasteiger partial charge in [0.15, 0.2) is 0 Å². The Kier molecular flexibility index (Phi) is 2.23. The van der Waals surface area contributed by atoms with Crippen LogP contribution in [0.5, 0.6) is 0 Å². The molecule has 4 heteroatoms. The van der Waals surface area contributed by atoms with Crippen molar-refractivity contribution in [2.75, 3.05) is 9.80 Å². The van der Waals surface area contributed by atoms with Crippen LogP contribution in [-0.4, -0.2) is 6.71 Å². The van der Waals surface area contributed by atoms with Gasteiger partial charge in [0.2, 0.25) is 0 Å². The molecule has 0 bridgehead atoms. The van der Waals surface area contributed by atoms with E-state index in [1.165, 1.54) is 0 Å². The van der Waals surface area contributed by atoms with Gasteiger partial charge in [0.1, 0.15) is 11.2 Å². The first kappa shape index (κ1) is 10.5. The van der Waals surface area contributed by atoms with Gasteiger partial charge >= 0.3 is 0 Å². The minimum absolute atomic E-state index is 0.452. The van der Waals surface area contributed by atoms with Gasteiger partial charge in [-0.1, -0.05) is 115 Å². The van der Waals surface area contributed by atoms with Crippen molar-refractivity contribution in [3.05, 3.63) is 163 Å². The van der Waals surface area contributed by atoms with E-state index in [9.17, 15) is 13.7 Å². The molecule has 8 aromatic rings. The van der Waals surface area contributed by atoms with Crippen LogP contribution in [0.4, 0.5) is 34.1 Å². The molecule has 0 aliphatic carbocycles. The minimum Gasteiger partial charge on any atom is -0.455 e. The summed E-state index contributed by atoms with van der Waals surface area (Å²) < 4.78 is 250. The normalized spacial score (nSPS) is 21.3. The van der Waals surface area contributed by atoms with Gasteiger partial charge in [-0.3, -0.25) is 0 Å². The fourth-order valence-electron chi connectivity index (χ4n) is 6.04. The second kappa shape index (κ2) is 9.75. The van der Waals surface area contributed by atoms with Crippen molar-refractivity contribution in [2.24, 2.45) is 0 Å². The summed E-state index contributed by atoms with van der Waals surface area (Å²) in [7, 11) is 0. The molecule has 46 heavy (non-hydrogen) atoms. The van der Waals surface area contributed by atoms with E-state index in [4.69, 9.17) is 27.7 Å². The molecular formula is C42H27BN2O. The molecule has 0 spiro atoms. The van der Waals surface area contributed by atoms with Crippen molar-refractivity contribution in [3.63, 3.8) is 0 Å². The second-order valence-corrected chi connectivity index (χ2v) is 10.1. The van der Waals surface area contributed by atoms with Gasteiger partial charge in [0, 0.05) is 50.3 Å². The van der Waals surface area contributed by atoms with Crippen LogP contribution in [0.15, 0.2) is 168 Å². The molecular weight excluding hydrogens is 559 g/mol. The van der Waals surface area contributed by atoms with Crippen LogP contribution < -0.4 is 26.2 Å². The molecule has 3 heterocycles. The highest BCUT2D eigenvalue weighted by molar-refractivity contribution is 7.00. The lowest BCUT2D eigenvalue weighted by Gasteiger charge is -2.44. The summed E-state index contributed by atoms with van der Waals surface area (Å²) in [5, 5.41) is -0.963. The average molecular weight is 614 g/mol. The smallest absolute Gasteiger partial charge is 0.252 e. The Morgan fingerprint density at radius 1 is 0.435 bits per heavy atom. The number of benzene rings is 7. The van der Waals surface area contributed by atoms with E-state index >= 15 is 0 Å². The molecule has 0 saturated carbocycles. The zero-order valence-electron chi connectivity index (χ0n) is 49.9. The van der Waals surface area contributed by atoms with Crippen molar-refractivity contribution in [2.45, 2.75) is 0 Å². The van der Waals surface area contributed by atoms with E-state index in [-0.39, 0.29) is 0 Å². The van der Waals surface area contributed by atoms with E-state index in [2.05, 4.69) is 0 Å². The zero-order chi connectivity index (χ0) is 53.7. The summed E-state index contributed by atoms with van der Waals surface area (Å²) in [6, 6.07) is -25.6. The molecule has 0 unspecified atom stereocenters. The first-order chi connectivity index (χ1) is 34.1. The standard InChI is InChI=1S/C42H27BN2O/c1-2-14-28(15-3-1)44-36-23-9-6-20-33(36)43-34-21-7-10-24-37(34)45(39-26-13-25-38(44)41(39)43)35-22-8-4-16-29(35)31-18-12-19-32-30-17-5-11-27-40(30)46-42(31)32/h1-27H/i1D,2D,3D,4D,5D,6D,7D,8D,9D,10D,11D,12D,13D,14D,15D,16D,17D,18D,19D,20D,21D,22D,23D,24D,25D,26D,27D. The SMILES string of the molecule is [2H]c1c([2H])c([2H])c(N2c3c([2H])c([2H])c([2H])c([2H])c3B3c4c([2H])c([2H])c([2H])c([2H])c4N(c4c([2H])c([2H])c([2H])c([2H])c4-c4c([2H])c([2H])c([2H])c5c4oc4c([2H])c([2H])c([2H])c([2H])c45)c4c([2H])c([2H])c([2H])c2c43)c([2H])c1[2H]. The molecule has 10 rings (SSSR count). The molecule has 0 saturated heterocycles. The van der Waals surface area contributed by atoms with Crippen molar-refractivity contribution >= 4 is 79.2 Å². The van der Waals surface area contributed by atoms with E-state index in [1.807, 2.05) is 0 Å². The van der Waals surface area contributed by atoms with Gasteiger partial charge in [-0.25, -0.2) is 0 Å². The van der Waals surface area contributed by atoms with Crippen molar-refractivity contribution in [3.8, 4) is 11.1 Å². The highest BCUT2D eigenvalue weighted by Gasteiger charge is 2.43. The molecule has 0 amide bonds. The number of hydrogen-bond donors (Lipinski definition) is 0. The highest BCUT2D eigenvalue weighted by Crippen LogP contribution is 2.47. The van der Waals surface area contributed by atoms with Crippen molar-refractivity contribution < 1.29 is 41.4 Å². The predicted molar refractivity (Wildman–Crippen MR) is 193 cm³/mol. The molecule has 0 atom stereocenters. The van der Waals surface area contributed by atoms with Crippen LogP contribution in [-0.2, 0) is 0 Å². The van der Waals surface area contributed by atoms with E-state index in [1.54, 1.807) is 0 Å². The van der Waals surface area contributed by atoms with Crippen molar-refractivity contribution in [1.82, 2.24) is 0 Å². The number of furan rings is 1. The summed E-state index contributed by atoms with van der Waals surface area (Å²) in [4.78, 5) is 1.41. The van der Waals surface area contributed by atoms with E-state index in [0.717, 1.165) is 0 Å². The molecule has 3 nitrogen and oxygen atoms in total. The maximum Gasteiger partial charge on any atom is 0.252 e. The number of fused-ring (bicyclic) bond motifs is 7. The molecule has 1 aromatic heterocycles. The number of nitrogens with zero attached hydrogens (tertiary/aromatic N) is 2. The van der Waals surface area contributed by atoms with Gasteiger partial charge in [-0.05, 0) is 64.7 Å². The van der Waals surface area contributed by atoms with Crippen LogP contribution in [0.3, 0.4) is 0 Å². The van der Waals surface area contributed by atoms with Crippen molar-refractivity contribution in [1.29, 1.82) is 0 Å². The van der Waals surface area contributed by atoms with E-state index in [0.29, 0.717) is 9.80 Å². The molecule has 0 radical (unpaired) electrons. The number of rotatable bonds is 3. The summed E-state index contributed by atoms with van der Waals surface area (Å²) in [5.41, 5.74) is -9.34.